The molecule has 2 amide bonds. The van der Waals surface area contributed by atoms with Gasteiger partial charge in [-0.2, -0.15) is 0 Å². The lowest BCUT2D eigenvalue weighted by Gasteiger charge is -2.42. The molecule has 1 aromatic carbocycles. The minimum Gasteiger partial charge on any atom is -0.355 e. The highest BCUT2D eigenvalue weighted by Crippen LogP contribution is 2.24. The smallest absolute Gasteiger partial charge is 0.236 e. The molecule has 2 aliphatic rings. The normalized spacial score (nSPS) is 21.8. The van der Waals surface area contributed by atoms with Crippen molar-refractivity contribution in [1.29, 1.82) is 0 Å². The Morgan fingerprint density at radius 1 is 1.07 bits per heavy atom. The number of nitrogens with two attached hydrogens (primary N) is 1. The second-order valence-corrected chi connectivity index (χ2v) is 7.68. The molecule has 148 valence electrons. The molecule has 6 nitrogen and oxygen atoms in total. The highest BCUT2D eigenvalue weighted by atomic mass is 16.2. The van der Waals surface area contributed by atoms with Crippen LogP contribution in [0.3, 0.4) is 0 Å². The Bertz CT molecular complexity index is 614. The van der Waals surface area contributed by atoms with Crippen LogP contribution in [0.15, 0.2) is 30.3 Å². The second-order valence-electron chi connectivity index (χ2n) is 7.68. The van der Waals surface area contributed by atoms with Crippen LogP contribution in [0.1, 0.15) is 31.2 Å². The first kappa shape index (κ1) is 19.8. The van der Waals surface area contributed by atoms with E-state index in [1.165, 1.54) is 5.56 Å². The maximum absolute atomic E-state index is 12.6. The van der Waals surface area contributed by atoms with Crippen molar-refractivity contribution in [2.45, 2.75) is 38.1 Å². The average Bonchev–Trinajstić information content (AvgIpc) is 2.74. The third-order valence-corrected chi connectivity index (χ3v) is 5.89. The van der Waals surface area contributed by atoms with Gasteiger partial charge in [0.25, 0.3) is 0 Å². The van der Waals surface area contributed by atoms with Crippen molar-refractivity contribution in [2.24, 2.45) is 11.7 Å². The number of carbonyl (C=O) groups is 2. The third kappa shape index (κ3) is 5.53. The van der Waals surface area contributed by atoms with Crippen molar-refractivity contribution in [3.05, 3.63) is 35.9 Å². The van der Waals surface area contributed by atoms with Crippen LogP contribution < -0.4 is 11.1 Å². The Morgan fingerprint density at radius 2 is 1.81 bits per heavy atom. The average molecular weight is 373 g/mol. The first-order chi connectivity index (χ1) is 13.2. The summed E-state index contributed by atoms with van der Waals surface area (Å²) in [5.41, 5.74) is 6.71. The van der Waals surface area contributed by atoms with Crippen LogP contribution in [0, 0.1) is 5.92 Å². The minimum atomic E-state index is 0.0442. The quantitative estimate of drug-likeness (QED) is 0.781. The summed E-state index contributed by atoms with van der Waals surface area (Å²) >= 11 is 0. The van der Waals surface area contributed by atoms with Gasteiger partial charge in [0.05, 0.1) is 12.5 Å². The van der Waals surface area contributed by atoms with Gasteiger partial charge < -0.3 is 16.0 Å². The number of piperidine rings is 2. The van der Waals surface area contributed by atoms with Gasteiger partial charge >= 0.3 is 0 Å². The Balaban J connectivity index is 1.42. The number of likely N-dealkylation sites (tertiary alicyclic amines) is 2. The van der Waals surface area contributed by atoms with Gasteiger partial charge in [0.2, 0.25) is 11.8 Å². The van der Waals surface area contributed by atoms with Crippen molar-refractivity contribution < 1.29 is 9.59 Å². The Hall–Kier alpha value is -1.92. The van der Waals surface area contributed by atoms with Gasteiger partial charge in [-0.05, 0) is 44.2 Å². The van der Waals surface area contributed by atoms with Crippen molar-refractivity contribution in [3.63, 3.8) is 0 Å². The standard InChI is InChI=1S/C21H32N4O2/c22-15-20(26)24-13-9-19(10-14-24)25-12-4-7-18(16-25)21(27)23-11-8-17-5-2-1-3-6-17/h1-3,5-6,18-19H,4,7-16,22H2,(H,23,27)/t18-/m1/s1. The highest BCUT2D eigenvalue weighted by molar-refractivity contribution is 5.79. The topological polar surface area (TPSA) is 78.7 Å². The summed E-state index contributed by atoms with van der Waals surface area (Å²) in [6.45, 7) is 4.25. The summed E-state index contributed by atoms with van der Waals surface area (Å²) in [6.07, 6.45) is 4.87. The molecule has 2 fully saturated rings. The molecule has 1 atom stereocenters. The molecule has 2 heterocycles. The van der Waals surface area contributed by atoms with Gasteiger partial charge in [-0.1, -0.05) is 30.3 Å². The van der Waals surface area contributed by atoms with E-state index in [-0.39, 0.29) is 24.3 Å². The number of benzene rings is 1. The molecule has 0 aromatic heterocycles. The largest absolute Gasteiger partial charge is 0.355 e. The molecule has 0 spiro atoms. The minimum absolute atomic E-state index is 0.0442. The fourth-order valence-corrected chi connectivity index (χ4v) is 4.28. The first-order valence-electron chi connectivity index (χ1n) is 10.2. The van der Waals surface area contributed by atoms with Gasteiger partial charge in [0.1, 0.15) is 0 Å². The van der Waals surface area contributed by atoms with Crippen LogP contribution in [-0.2, 0) is 16.0 Å². The summed E-state index contributed by atoms with van der Waals surface area (Å²) in [4.78, 5) is 28.7. The summed E-state index contributed by atoms with van der Waals surface area (Å²) in [5, 5.41) is 3.12. The van der Waals surface area contributed by atoms with Crippen LogP contribution in [0.4, 0.5) is 0 Å². The lowest BCUT2D eigenvalue weighted by Crippen LogP contribution is -2.52. The van der Waals surface area contributed by atoms with Crippen LogP contribution in [0.5, 0.6) is 0 Å². The van der Waals surface area contributed by atoms with Crippen molar-refractivity contribution in [1.82, 2.24) is 15.1 Å². The maximum atomic E-state index is 12.6. The van der Waals surface area contributed by atoms with E-state index in [1.807, 2.05) is 23.1 Å². The van der Waals surface area contributed by atoms with Crippen molar-refractivity contribution in [3.8, 4) is 0 Å². The van der Waals surface area contributed by atoms with E-state index in [0.717, 1.165) is 58.3 Å². The number of hydrogen-bond acceptors (Lipinski definition) is 4. The molecule has 27 heavy (non-hydrogen) atoms. The van der Waals surface area contributed by atoms with Crippen molar-refractivity contribution >= 4 is 11.8 Å². The Kier molecular flexibility index (Phi) is 7.24. The van der Waals surface area contributed by atoms with Crippen LogP contribution in [-0.4, -0.2) is 66.9 Å². The Morgan fingerprint density at radius 3 is 2.52 bits per heavy atom. The fourth-order valence-electron chi connectivity index (χ4n) is 4.28. The van der Waals surface area contributed by atoms with Crippen LogP contribution >= 0.6 is 0 Å². The molecule has 3 rings (SSSR count). The zero-order chi connectivity index (χ0) is 19.1. The highest BCUT2D eigenvalue weighted by Gasteiger charge is 2.32. The fraction of sp³-hybridized carbons (Fsp3) is 0.619. The molecule has 0 radical (unpaired) electrons. The number of amides is 2. The predicted octanol–water partition coefficient (Wildman–Crippen LogP) is 1.01. The number of nitrogens with one attached hydrogen (secondary N) is 1. The van der Waals surface area contributed by atoms with Crippen LogP contribution in [0.25, 0.3) is 0 Å². The van der Waals surface area contributed by atoms with Crippen molar-refractivity contribution in [2.75, 3.05) is 39.3 Å². The maximum Gasteiger partial charge on any atom is 0.236 e. The summed E-state index contributed by atoms with van der Waals surface area (Å²) in [6, 6.07) is 10.7. The predicted molar refractivity (Wildman–Crippen MR) is 106 cm³/mol. The molecule has 0 unspecified atom stereocenters. The molecule has 0 bridgehead atoms. The number of carbonyl (C=O) groups excluding carboxylic acids is 2. The third-order valence-electron chi connectivity index (χ3n) is 5.89. The van der Waals surface area contributed by atoms with E-state index < -0.39 is 0 Å². The van der Waals surface area contributed by atoms with Crippen LogP contribution in [0.2, 0.25) is 0 Å². The van der Waals surface area contributed by atoms with Gasteiger partial charge in [-0.3, -0.25) is 14.5 Å². The molecule has 2 saturated heterocycles. The summed E-state index contributed by atoms with van der Waals surface area (Å²) in [7, 11) is 0. The van der Waals surface area contributed by atoms with Gasteiger partial charge in [-0.25, -0.2) is 0 Å². The molecule has 2 aliphatic heterocycles. The Labute approximate surface area is 162 Å². The van der Waals surface area contributed by atoms with E-state index >= 15 is 0 Å². The lowest BCUT2D eigenvalue weighted by molar-refractivity contribution is -0.131. The molecule has 3 N–H and O–H groups in total. The van der Waals surface area contributed by atoms with E-state index in [2.05, 4.69) is 22.3 Å². The molecular formula is C21H32N4O2. The lowest BCUT2D eigenvalue weighted by atomic mass is 9.93. The van der Waals surface area contributed by atoms with Gasteiger partial charge in [-0.15, -0.1) is 0 Å². The molecule has 0 aliphatic carbocycles. The van der Waals surface area contributed by atoms with E-state index in [9.17, 15) is 9.59 Å². The second kappa shape index (κ2) is 9.85. The SMILES string of the molecule is NCC(=O)N1CCC(N2CCC[C@@H](C(=O)NCCc3ccccc3)C2)CC1. The molecule has 0 saturated carbocycles. The summed E-state index contributed by atoms with van der Waals surface area (Å²) < 4.78 is 0. The molecule has 6 heteroatoms. The number of rotatable bonds is 6. The summed E-state index contributed by atoms with van der Waals surface area (Å²) in [5.74, 6) is 0.312. The van der Waals surface area contributed by atoms with Gasteiger partial charge in [0, 0.05) is 32.2 Å². The van der Waals surface area contributed by atoms with E-state index in [1.54, 1.807) is 0 Å². The number of hydrogen-bond donors (Lipinski definition) is 2. The zero-order valence-electron chi connectivity index (χ0n) is 16.1. The monoisotopic (exact) mass is 372 g/mol. The van der Waals surface area contributed by atoms with E-state index in [4.69, 9.17) is 5.73 Å². The number of nitrogens with zero attached hydrogens (tertiary/aromatic N) is 2. The molecule has 1 aromatic rings. The van der Waals surface area contributed by atoms with Gasteiger partial charge in [0.15, 0.2) is 0 Å². The molecular weight excluding hydrogens is 340 g/mol. The van der Waals surface area contributed by atoms with E-state index in [0.29, 0.717) is 12.6 Å². The zero-order valence-corrected chi connectivity index (χ0v) is 16.1. The first-order valence-corrected chi connectivity index (χ1v) is 10.2.